The zero-order valence-electron chi connectivity index (χ0n) is 29.3. The average molecular weight is 726 g/mol. The molecule has 0 aromatic carbocycles. The fraction of sp³-hybridized carbons (Fsp3) is 0.543. The minimum Gasteiger partial charge on any atom is -0.490 e. The molecule has 1 aliphatic heterocycles. The summed E-state index contributed by atoms with van der Waals surface area (Å²) in [6.45, 7) is 11.7. The van der Waals surface area contributed by atoms with Crippen molar-refractivity contribution in [2.75, 3.05) is 25.7 Å². The summed E-state index contributed by atoms with van der Waals surface area (Å²) in [5, 5.41) is 8.87. The molecule has 0 aromatic rings. The molecule has 268 valence electrons. The lowest BCUT2D eigenvalue weighted by atomic mass is 9.86. The number of methoxy groups -OCH3 is 1. The Kier molecular flexibility index (Phi) is 20.8. The van der Waals surface area contributed by atoms with Gasteiger partial charge in [0.15, 0.2) is 5.76 Å². The van der Waals surface area contributed by atoms with Crippen molar-refractivity contribution in [3.63, 3.8) is 0 Å². The molecule has 13 heteroatoms. The molecule has 0 saturated heterocycles. The van der Waals surface area contributed by atoms with E-state index in [-0.39, 0.29) is 23.7 Å². The molecule has 0 aliphatic carbocycles. The molecule has 1 aliphatic rings. The Labute approximate surface area is 299 Å². The van der Waals surface area contributed by atoms with Crippen LogP contribution in [0.1, 0.15) is 67.2 Å². The van der Waals surface area contributed by atoms with Crippen molar-refractivity contribution >= 4 is 57.1 Å². The highest BCUT2D eigenvalue weighted by Gasteiger charge is 2.32. The zero-order chi connectivity index (χ0) is 36.1. The predicted octanol–water partition coefficient (Wildman–Crippen LogP) is 7.11. The Hall–Kier alpha value is -3.09. The lowest BCUT2D eigenvalue weighted by Gasteiger charge is -2.29. The molecule has 1 heterocycles. The van der Waals surface area contributed by atoms with Crippen LogP contribution in [0, 0.1) is 11.3 Å². The van der Waals surface area contributed by atoms with Gasteiger partial charge >= 0.3 is 12.1 Å². The molecule has 0 radical (unpaired) electrons. The maximum Gasteiger partial charge on any atom is 0.407 e. The SMILES string of the molecule is COC1=CC[C@@H]([C@@H](C)/C=C(C)/C=C\C=C/C(=O)N[C@H](C(=O)N/C=C\C[C@H](C/C=C(\C)Cl)OC(=O)NCCCSSC)C(C)(C)C)OC1=O. The molecule has 0 spiro atoms. The largest absolute Gasteiger partial charge is 0.490 e. The van der Waals surface area contributed by atoms with Crippen molar-refractivity contribution in [2.45, 2.75) is 85.5 Å². The van der Waals surface area contributed by atoms with Gasteiger partial charge in [-0.05, 0) is 44.2 Å². The van der Waals surface area contributed by atoms with E-state index < -0.39 is 35.5 Å². The van der Waals surface area contributed by atoms with Gasteiger partial charge in [0.25, 0.3) is 0 Å². The Morgan fingerprint density at radius 3 is 2.50 bits per heavy atom. The molecular formula is C35H52ClN3O7S2. The third-order valence-electron chi connectivity index (χ3n) is 6.93. The second-order valence-corrected chi connectivity index (χ2v) is 15.5. The third kappa shape index (κ3) is 18.5. The fourth-order valence-corrected chi connectivity index (χ4v) is 5.73. The Balaban J connectivity index is 2.70. The van der Waals surface area contributed by atoms with Crippen molar-refractivity contribution in [3.05, 3.63) is 71.2 Å². The van der Waals surface area contributed by atoms with E-state index in [1.54, 1.807) is 58.9 Å². The number of hydrogen-bond acceptors (Lipinski definition) is 9. The molecule has 3 N–H and O–H groups in total. The normalized spacial score (nSPS) is 17.9. The number of cyclic esters (lactones) is 1. The molecule has 1 rings (SSSR count). The molecule has 48 heavy (non-hydrogen) atoms. The molecular weight excluding hydrogens is 674 g/mol. The highest BCUT2D eigenvalue weighted by molar-refractivity contribution is 8.76. The average Bonchev–Trinajstić information content (AvgIpc) is 3.01. The van der Waals surface area contributed by atoms with E-state index >= 15 is 0 Å². The van der Waals surface area contributed by atoms with Crippen LogP contribution in [-0.4, -0.2) is 67.8 Å². The highest BCUT2D eigenvalue weighted by Crippen LogP contribution is 2.23. The van der Waals surface area contributed by atoms with Gasteiger partial charge in [-0.2, -0.15) is 0 Å². The van der Waals surface area contributed by atoms with E-state index in [0.717, 1.165) is 17.7 Å². The Morgan fingerprint density at radius 2 is 1.88 bits per heavy atom. The van der Waals surface area contributed by atoms with E-state index in [0.29, 0.717) is 30.8 Å². The summed E-state index contributed by atoms with van der Waals surface area (Å²) in [5.41, 5.74) is 0.363. The number of halogens is 1. The topological polar surface area (TPSA) is 132 Å². The minimum absolute atomic E-state index is 0.0194. The molecule has 4 atom stereocenters. The van der Waals surface area contributed by atoms with Crippen LogP contribution in [0.4, 0.5) is 4.79 Å². The minimum atomic E-state index is -0.819. The van der Waals surface area contributed by atoms with E-state index in [2.05, 4.69) is 16.0 Å². The number of amides is 3. The molecule has 0 unspecified atom stereocenters. The van der Waals surface area contributed by atoms with Crippen LogP contribution < -0.4 is 16.0 Å². The second-order valence-electron chi connectivity index (χ2n) is 12.2. The number of carbonyl (C=O) groups excluding carboxylic acids is 4. The number of nitrogens with one attached hydrogen (secondary N) is 3. The van der Waals surface area contributed by atoms with Gasteiger partial charge in [-0.3, -0.25) is 9.59 Å². The fourth-order valence-electron chi connectivity index (χ4n) is 4.36. The van der Waals surface area contributed by atoms with Gasteiger partial charge in [0, 0.05) is 48.6 Å². The van der Waals surface area contributed by atoms with Gasteiger partial charge in [-0.1, -0.05) is 103 Å². The van der Waals surface area contributed by atoms with Gasteiger partial charge in [0.1, 0.15) is 18.2 Å². The standard InChI is InChI=1S/C35H52ClN3O7S2/c1-24(23-25(2)28-18-19-29(44-7)33(42)46-28)13-9-10-15-30(40)39-31(35(4,5)6)32(41)37-20-11-14-27(17-16-26(3)36)45-34(43)38-21-12-22-48-47-8/h9-11,13,15-16,19-20,23,25,27-28,31H,12,14,17-18,21-22H2,1-8H3,(H,37,41)(H,38,43)(H,39,40)/b13-9-,15-10-,20-11-,24-23+,26-16+/t25-,27+,28-,31+/m0/s1. The quantitative estimate of drug-likeness (QED) is 0.0419. The lowest BCUT2D eigenvalue weighted by Crippen LogP contribution is -2.52. The smallest absolute Gasteiger partial charge is 0.407 e. The maximum absolute atomic E-state index is 13.1. The third-order valence-corrected chi connectivity index (χ3v) is 8.98. The number of ether oxygens (including phenoxy) is 3. The van der Waals surface area contributed by atoms with Crippen LogP contribution >= 0.6 is 33.2 Å². The number of esters is 1. The Bertz CT molecular complexity index is 1250. The van der Waals surface area contributed by atoms with E-state index in [4.69, 9.17) is 25.8 Å². The van der Waals surface area contributed by atoms with Gasteiger partial charge in [0.2, 0.25) is 11.8 Å². The highest BCUT2D eigenvalue weighted by atomic mass is 35.5. The summed E-state index contributed by atoms with van der Waals surface area (Å²) in [5.74, 6) is -0.131. The second kappa shape index (κ2) is 23.3. The summed E-state index contributed by atoms with van der Waals surface area (Å²) in [7, 11) is 4.85. The number of rotatable bonds is 19. The lowest BCUT2D eigenvalue weighted by molar-refractivity contribution is -0.151. The van der Waals surface area contributed by atoms with Gasteiger partial charge in [-0.25, -0.2) is 9.59 Å². The molecule has 0 aromatic heterocycles. The maximum atomic E-state index is 13.1. The zero-order valence-corrected chi connectivity index (χ0v) is 31.7. The first-order chi connectivity index (χ1) is 22.7. The van der Waals surface area contributed by atoms with Crippen molar-refractivity contribution < 1.29 is 33.4 Å². The number of allylic oxidation sites excluding steroid dienone is 5. The summed E-state index contributed by atoms with van der Waals surface area (Å²) >= 11 is 5.98. The van der Waals surface area contributed by atoms with Crippen molar-refractivity contribution in [3.8, 4) is 0 Å². The van der Waals surface area contributed by atoms with Crippen LogP contribution in [0.3, 0.4) is 0 Å². The van der Waals surface area contributed by atoms with E-state index in [1.807, 2.05) is 53.0 Å². The predicted molar refractivity (Wildman–Crippen MR) is 197 cm³/mol. The van der Waals surface area contributed by atoms with Crippen LogP contribution in [0.15, 0.2) is 71.2 Å². The van der Waals surface area contributed by atoms with Crippen molar-refractivity contribution in [1.82, 2.24) is 16.0 Å². The molecule has 10 nitrogen and oxygen atoms in total. The van der Waals surface area contributed by atoms with E-state index in [9.17, 15) is 19.2 Å². The van der Waals surface area contributed by atoms with Gasteiger partial charge in [0.05, 0.1) is 7.11 Å². The van der Waals surface area contributed by atoms with Crippen LogP contribution in [0.25, 0.3) is 0 Å². The molecule has 3 amide bonds. The van der Waals surface area contributed by atoms with Gasteiger partial charge in [-0.15, -0.1) is 0 Å². The van der Waals surface area contributed by atoms with Crippen molar-refractivity contribution in [1.29, 1.82) is 0 Å². The molecule has 0 fully saturated rings. The van der Waals surface area contributed by atoms with E-state index in [1.165, 1.54) is 19.4 Å². The first kappa shape index (κ1) is 42.9. The number of hydrogen-bond donors (Lipinski definition) is 3. The van der Waals surface area contributed by atoms with Gasteiger partial charge < -0.3 is 30.2 Å². The summed E-state index contributed by atoms with van der Waals surface area (Å²) < 4.78 is 16.0. The first-order valence-electron chi connectivity index (χ1n) is 15.8. The molecule has 0 bridgehead atoms. The Morgan fingerprint density at radius 1 is 1.17 bits per heavy atom. The number of alkyl carbamates (subject to hydrolysis) is 1. The van der Waals surface area contributed by atoms with Crippen LogP contribution in [0.2, 0.25) is 0 Å². The van der Waals surface area contributed by atoms with Crippen LogP contribution in [-0.2, 0) is 28.6 Å². The summed E-state index contributed by atoms with van der Waals surface area (Å²) in [4.78, 5) is 50.0. The number of carbonyl (C=O) groups is 4. The first-order valence-corrected chi connectivity index (χ1v) is 18.9. The molecule has 0 saturated carbocycles. The summed E-state index contributed by atoms with van der Waals surface area (Å²) in [6, 6.07) is -0.819. The summed E-state index contributed by atoms with van der Waals surface area (Å²) in [6.07, 6.45) is 18.2. The monoisotopic (exact) mass is 725 g/mol. The van der Waals surface area contributed by atoms with Crippen LogP contribution in [0.5, 0.6) is 0 Å². The van der Waals surface area contributed by atoms with Crippen molar-refractivity contribution in [2.24, 2.45) is 11.3 Å².